The average molecular weight is 819 g/mol. The van der Waals surface area contributed by atoms with Crippen LogP contribution in [0, 0.1) is 0 Å². The van der Waals surface area contributed by atoms with Crippen molar-refractivity contribution in [3.63, 3.8) is 0 Å². The summed E-state index contributed by atoms with van der Waals surface area (Å²) in [5.74, 6) is -1.50. The summed E-state index contributed by atoms with van der Waals surface area (Å²) >= 11 is 0.453. The van der Waals surface area contributed by atoms with Gasteiger partial charge in [0.2, 0.25) is 17.8 Å². The monoisotopic (exact) mass is 818 g/mol. The van der Waals surface area contributed by atoms with Crippen LogP contribution in [-0.4, -0.2) is 70.2 Å². The quantitative estimate of drug-likeness (QED) is 0.0318. The van der Waals surface area contributed by atoms with Gasteiger partial charge in [0.25, 0.3) is 30.4 Å². The third-order valence-corrected chi connectivity index (χ3v) is 10.5. The number of nitrogens with one attached hydrogen (secondary N) is 3. The van der Waals surface area contributed by atoms with Gasteiger partial charge in [-0.1, -0.05) is 17.2 Å². The Morgan fingerprint density at radius 1 is 0.593 bits per heavy atom. The van der Waals surface area contributed by atoms with Crippen molar-refractivity contribution in [3.8, 4) is 0 Å². The topological polar surface area (TPSA) is 314 Å². The molecule has 0 bridgehead atoms. The molecule has 0 amide bonds. The lowest BCUT2D eigenvalue weighted by Crippen LogP contribution is -2.08. The number of rotatable bonds is 13. The van der Waals surface area contributed by atoms with Crippen LogP contribution in [0.25, 0.3) is 21.5 Å². The average Bonchev–Trinajstić information content (AvgIpc) is 3.08. The summed E-state index contributed by atoms with van der Waals surface area (Å²) in [7, 11) is -14.6. The lowest BCUT2D eigenvalue weighted by Gasteiger charge is -2.13. The smallest absolute Gasteiger partial charge is 0.335 e. The minimum atomic E-state index is -4.94. The first-order chi connectivity index (χ1) is 25.4. The fourth-order valence-corrected chi connectivity index (χ4v) is 7.70. The molecule has 6 aromatic rings. The van der Waals surface area contributed by atoms with Gasteiger partial charge in [0.05, 0.1) is 22.5 Å². The van der Waals surface area contributed by atoms with Gasteiger partial charge in [-0.2, -0.15) is 40.2 Å². The van der Waals surface area contributed by atoms with E-state index in [1.165, 1.54) is 66.7 Å². The zero-order valence-corrected chi connectivity index (χ0v) is 29.7. The minimum Gasteiger partial charge on any atom is -0.478 e. The van der Waals surface area contributed by atoms with Crippen molar-refractivity contribution in [2.45, 2.75) is 19.6 Å². The van der Waals surface area contributed by atoms with Crippen molar-refractivity contribution in [2.24, 2.45) is 0 Å². The normalized spacial score (nSPS) is 12.1. The Kier molecular flexibility index (Phi) is 10.4. The van der Waals surface area contributed by atoms with E-state index in [0.717, 1.165) is 12.1 Å². The molecule has 0 aliphatic carbocycles. The van der Waals surface area contributed by atoms with Crippen LogP contribution < -0.4 is 16.0 Å². The lowest BCUT2D eigenvalue weighted by atomic mass is 10.1. The molecule has 6 rings (SSSR count). The number of anilines is 6. The first-order valence-corrected chi connectivity index (χ1v) is 19.6. The summed E-state index contributed by atoms with van der Waals surface area (Å²) in [6.45, 7) is 0. The molecular formula is C30H22N6O14S4. The van der Waals surface area contributed by atoms with Gasteiger partial charge in [0, 0.05) is 32.7 Å². The van der Waals surface area contributed by atoms with Crippen molar-refractivity contribution < 1.29 is 63.4 Å². The van der Waals surface area contributed by atoms with Crippen LogP contribution in [0.3, 0.4) is 0 Å². The molecule has 0 unspecified atom stereocenters. The van der Waals surface area contributed by atoms with Crippen LogP contribution in [0.1, 0.15) is 10.4 Å². The lowest BCUT2D eigenvalue weighted by molar-refractivity contribution is -0.432. The molecule has 0 atom stereocenters. The summed E-state index contributed by atoms with van der Waals surface area (Å²) < 4.78 is 106. The van der Waals surface area contributed by atoms with E-state index < -0.39 is 51.0 Å². The number of benzene rings is 5. The highest BCUT2D eigenvalue weighted by Gasteiger charge is 2.21. The van der Waals surface area contributed by atoms with Gasteiger partial charge in [-0.05, 0) is 83.6 Å². The maximum Gasteiger partial charge on any atom is 0.335 e. The van der Waals surface area contributed by atoms with E-state index in [2.05, 4.69) is 40.3 Å². The second-order valence-corrected chi connectivity index (χ2v) is 15.9. The van der Waals surface area contributed by atoms with Gasteiger partial charge in [0.1, 0.15) is 9.79 Å². The van der Waals surface area contributed by atoms with Crippen molar-refractivity contribution >= 4 is 105 Å². The van der Waals surface area contributed by atoms with Gasteiger partial charge < -0.3 is 21.1 Å². The third kappa shape index (κ3) is 8.80. The molecule has 20 nitrogen and oxygen atoms in total. The molecule has 1 heterocycles. The fourth-order valence-electron chi connectivity index (χ4n) is 5.08. The summed E-state index contributed by atoms with van der Waals surface area (Å²) in [5, 5.41) is 30.4. The largest absolute Gasteiger partial charge is 0.478 e. The Labute approximate surface area is 308 Å². The van der Waals surface area contributed by atoms with Crippen LogP contribution in [-0.2, 0) is 39.7 Å². The van der Waals surface area contributed by atoms with Crippen LogP contribution in [0.2, 0.25) is 0 Å². The standard InChI is InChI=1S/C30H22N6O14S4/c37-27(38)15-1-3-18(4-2-15)31-28-34-29(32-19-5-7-23-16(9-19)11-21(51-50-49-39)13-25(23)53(43,44)45)36-30(35-28)33-20-6-8-24-17(10-20)12-22(52(40,41)42)14-26(24)54(46,47)48/h1-14,39H,(H,37,38)(H,40,41,42)(H,43,44,45)(H,46,47,48)(H3,31,32,33,34,35,36). The van der Waals surface area contributed by atoms with Crippen LogP contribution in [0.5, 0.6) is 0 Å². The van der Waals surface area contributed by atoms with E-state index in [4.69, 9.17) is 5.26 Å². The zero-order valence-electron chi connectivity index (χ0n) is 26.5. The van der Waals surface area contributed by atoms with Gasteiger partial charge in [-0.15, -0.1) is 4.33 Å². The summed E-state index contributed by atoms with van der Waals surface area (Å²) in [6.07, 6.45) is 0. The first-order valence-electron chi connectivity index (χ1n) is 14.5. The molecule has 8 N–H and O–H groups in total. The van der Waals surface area contributed by atoms with E-state index in [1.54, 1.807) is 0 Å². The summed E-state index contributed by atoms with van der Waals surface area (Å²) in [5.41, 5.74) is 0.844. The van der Waals surface area contributed by atoms with Crippen LogP contribution in [0.4, 0.5) is 34.9 Å². The van der Waals surface area contributed by atoms with Crippen molar-refractivity contribution in [1.82, 2.24) is 15.0 Å². The van der Waals surface area contributed by atoms with Crippen molar-refractivity contribution in [1.29, 1.82) is 0 Å². The highest BCUT2D eigenvalue weighted by molar-refractivity contribution is 7.94. The molecule has 0 saturated heterocycles. The predicted octanol–water partition coefficient (Wildman–Crippen LogP) is 5.28. The van der Waals surface area contributed by atoms with Gasteiger partial charge >= 0.3 is 5.97 Å². The molecule has 0 aliphatic heterocycles. The highest BCUT2D eigenvalue weighted by atomic mass is 32.2. The predicted molar refractivity (Wildman–Crippen MR) is 191 cm³/mol. The number of aromatic carboxylic acids is 1. The molecule has 0 radical (unpaired) electrons. The second kappa shape index (κ2) is 14.7. The second-order valence-electron chi connectivity index (χ2n) is 10.9. The molecule has 1 aromatic heterocycles. The Balaban J connectivity index is 1.41. The number of nitrogens with zero attached hydrogens (tertiary/aromatic N) is 3. The fraction of sp³-hybridized carbons (Fsp3) is 0. The van der Waals surface area contributed by atoms with Crippen LogP contribution >= 0.6 is 12.0 Å². The highest BCUT2D eigenvalue weighted by Crippen LogP contribution is 2.34. The van der Waals surface area contributed by atoms with E-state index in [1.807, 2.05) is 0 Å². The van der Waals surface area contributed by atoms with E-state index in [9.17, 15) is 48.8 Å². The third-order valence-electron chi connectivity index (χ3n) is 7.33. The van der Waals surface area contributed by atoms with E-state index in [-0.39, 0.29) is 55.5 Å². The Hall–Kier alpha value is -5.54. The minimum absolute atomic E-state index is 0.0111. The SMILES string of the molecule is O=C(O)c1ccc(Nc2nc(Nc3ccc4c(S(=O)(=O)O)cc(SOOO)cc4c3)nc(Nc3ccc4c(S(=O)(=O)O)cc(S(=O)(=O)O)cc4c3)n2)cc1. The molecule has 24 heteroatoms. The number of hydrogen-bond donors (Lipinski definition) is 8. The zero-order chi connectivity index (χ0) is 39.0. The molecule has 0 fully saturated rings. The Morgan fingerprint density at radius 2 is 1.06 bits per heavy atom. The number of hydrogen-bond acceptors (Lipinski definition) is 17. The van der Waals surface area contributed by atoms with Crippen molar-refractivity contribution in [2.75, 3.05) is 16.0 Å². The van der Waals surface area contributed by atoms with Gasteiger partial charge in [0.15, 0.2) is 0 Å². The van der Waals surface area contributed by atoms with E-state index >= 15 is 0 Å². The van der Waals surface area contributed by atoms with Crippen molar-refractivity contribution in [3.05, 3.63) is 90.5 Å². The molecule has 0 aliphatic rings. The molecule has 0 saturated carbocycles. The maximum atomic E-state index is 12.1. The number of fused-ring (bicyclic) bond motifs is 2. The Bertz CT molecular complexity index is 2810. The molecule has 280 valence electrons. The van der Waals surface area contributed by atoms with Gasteiger partial charge in [-0.25, -0.2) is 10.1 Å². The molecule has 5 aromatic carbocycles. The van der Waals surface area contributed by atoms with Gasteiger partial charge in [-0.3, -0.25) is 13.7 Å². The van der Waals surface area contributed by atoms with Crippen LogP contribution in [0.15, 0.2) is 105 Å². The number of aromatic nitrogens is 3. The number of carboxylic acids is 1. The molecule has 0 spiro atoms. The summed E-state index contributed by atoms with van der Waals surface area (Å²) in [6, 6.07) is 18.0. The first kappa shape index (κ1) is 38.2. The summed E-state index contributed by atoms with van der Waals surface area (Å²) in [4.78, 5) is 22.4. The maximum absolute atomic E-state index is 12.1. The molecular weight excluding hydrogens is 797 g/mol. The Morgan fingerprint density at radius 3 is 1.52 bits per heavy atom. The van der Waals surface area contributed by atoms with E-state index in [0.29, 0.717) is 29.5 Å². The number of carbonyl (C=O) groups is 1. The number of carboxylic acid groups (broad SMARTS) is 1. The molecule has 54 heavy (non-hydrogen) atoms.